The second kappa shape index (κ2) is 8.55. The molecule has 148 valence electrons. The zero-order chi connectivity index (χ0) is 20.9. The number of carbonyl (C=O) groups is 1. The van der Waals surface area contributed by atoms with Gasteiger partial charge in [-0.3, -0.25) is 4.79 Å². The molecule has 0 saturated heterocycles. The van der Waals surface area contributed by atoms with Crippen LogP contribution in [0.4, 0.5) is 17.6 Å². The first kappa shape index (κ1) is 20.1. The Morgan fingerprint density at radius 2 is 1.59 bits per heavy atom. The van der Waals surface area contributed by atoms with Crippen molar-refractivity contribution in [3.8, 4) is 11.5 Å². The fourth-order valence-electron chi connectivity index (χ4n) is 2.35. The zero-order valence-electron chi connectivity index (χ0n) is 14.8. The third-order valence-corrected chi connectivity index (χ3v) is 3.80. The molecule has 1 amide bonds. The molecule has 1 N–H and O–H groups in total. The van der Waals surface area contributed by atoms with E-state index in [1.807, 2.05) is 0 Å². The van der Waals surface area contributed by atoms with E-state index >= 15 is 0 Å². The molecule has 0 spiro atoms. The van der Waals surface area contributed by atoms with Gasteiger partial charge in [-0.15, -0.1) is 0 Å². The summed E-state index contributed by atoms with van der Waals surface area (Å²) >= 11 is 0. The van der Waals surface area contributed by atoms with Crippen LogP contribution in [0.5, 0.6) is 11.5 Å². The van der Waals surface area contributed by atoms with E-state index in [1.54, 1.807) is 24.3 Å². The summed E-state index contributed by atoms with van der Waals surface area (Å²) in [5.41, 5.74) is 1.97. The van der Waals surface area contributed by atoms with Crippen molar-refractivity contribution in [2.45, 2.75) is 6.18 Å². The lowest BCUT2D eigenvalue weighted by molar-refractivity contribution is -0.137. The lowest BCUT2D eigenvalue weighted by atomic mass is 10.1. The fourth-order valence-corrected chi connectivity index (χ4v) is 2.35. The quantitative estimate of drug-likeness (QED) is 0.353. The average Bonchev–Trinajstić information content (AvgIpc) is 2.70. The van der Waals surface area contributed by atoms with Crippen LogP contribution in [0, 0.1) is 5.82 Å². The third-order valence-electron chi connectivity index (χ3n) is 3.80. The molecule has 3 aromatic carbocycles. The Kier molecular flexibility index (Phi) is 5.92. The predicted octanol–water partition coefficient (Wildman–Crippen LogP) is 5.40. The number of para-hydroxylation sites is 1. The smallest absolute Gasteiger partial charge is 0.416 e. The summed E-state index contributed by atoms with van der Waals surface area (Å²) in [6.07, 6.45) is -3.14. The van der Waals surface area contributed by atoms with Gasteiger partial charge in [-0.1, -0.05) is 12.1 Å². The molecular weight excluding hydrogens is 388 g/mol. The highest BCUT2D eigenvalue weighted by Gasteiger charge is 2.30. The summed E-state index contributed by atoms with van der Waals surface area (Å²) in [4.78, 5) is 12.0. The van der Waals surface area contributed by atoms with Crippen molar-refractivity contribution >= 4 is 12.1 Å². The monoisotopic (exact) mass is 402 g/mol. The molecule has 0 heterocycles. The van der Waals surface area contributed by atoms with E-state index in [0.717, 1.165) is 24.3 Å². The number of benzene rings is 3. The van der Waals surface area contributed by atoms with Gasteiger partial charge < -0.3 is 4.74 Å². The van der Waals surface area contributed by atoms with Crippen molar-refractivity contribution in [3.63, 3.8) is 0 Å². The minimum absolute atomic E-state index is 0.0333. The number of hydrogen-bond donors (Lipinski definition) is 1. The van der Waals surface area contributed by atoms with Crippen LogP contribution >= 0.6 is 0 Å². The molecule has 0 aliphatic carbocycles. The number of hydrogen-bond acceptors (Lipinski definition) is 3. The van der Waals surface area contributed by atoms with Crippen molar-refractivity contribution in [2.24, 2.45) is 5.10 Å². The molecular formula is C21H14F4N2O2. The maximum absolute atomic E-state index is 13.0. The van der Waals surface area contributed by atoms with E-state index in [-0.39, 0.29) is 5.56 Å². The van der Waals surface area contributed by atoms with Gasteiger partial charge in [-0.2, -0.15) is 18.3 Å². The summed E-state index contributed by atoms with van der Waals surface area (Å²) < 4.78 is 56.4. The van der Waals surface area contributed by atoms with Crippen LogP contribution in [-0.2, 0) is 6.18 Å². The van der Waals surface area contributed by atoms with Crippen molar-refractivity contribution in [1.82, 2.24) is 5.43 Å². The number of hydrazone groups is 1. The van der Waals surface area contributed by atoms with E-state index in [2.05, 4.69) is 10.5 Å². The van der Waals surface area contributed by atoms with Crippen LogP contribution in [0.1, 0.15) is 21.5 Å². The van der Waals surface area contributed by atoms with Crippen molar-refractivity contribution in [2.75, 3.05) is 0 Å². The molecule has 0 unspecified atom stereocenters. The summed E-state index contributed by atoms with van der Waals surface area (Å²) in [6, 6.07) is 16.1. The van der Waals surface area contributed by atoms with Crippen LogP contribution in [0.25, 0.3) is 0 Å². The Bertz CT molecular complexity index is 1010. The Morgan fingerprint density at radius 1 is 0.931 bits per heavy atom. The minimum Gasteiger partial charge on any atom is -0.457 e. The second-order valence-corrected chi connectivity index (χ2v) is 5.87. The number of carbonyl (C=O) groups excluding carboxylic acids is 1. The molecule has 0 fully saturated rings. The van der Waals surface area contributed by atoms with E-state index in [4.69, 9.17) is 4.74 Å². The van der Waals surface area contributed by atoms with Crippen LogP contribution in [0.3, 0.4) is 0 Å². The number of rotatable bonds is 5. The van der Waals surface area contributed by atoms with Gasteiger partial charge in [0.25, 0.3) is 5.91 Å². The first-order valence-corrected chi connectivity index (χ1v) is 8.36. The van der Waals surface area contributed by atoms with E-state index in [0.29, 0.717) is 17.1 Å². The number of ether oxygens (including phenoxy) is 1. The van der Waals surface area contributed by atoms with Crippen molar-refractivity contribution < 1.29 is 27.1 Å². The number of alkyl halides is 3. The fraction of sp³-hybridized carbons (Fsp3) is 0.0476. The van der Waals surface area contributed by atoms with Gasteiger partial charge in [0.1, 0.15) is 17.3 Å². The average molecular weight is 402 g/mol. The van der Waals surface area contributed by atoms with Crippen LogP contribution in [0.2, 0.25) is 0 Å². The highest BCUT2D eigenvalue weighted by molar-refractivity contribution is 5.95. The molecule has 0 radical (unpaired) electrons. The summed E-state index contributed by atoms with van der Waals surface area (Å²) in [6.45, 7) is 0. The van der Waals surface area contributed by atoms with E-state index in [9.17, 15) is 22.4 Å². The molecule has 0 aliphatic heterocycles. The zero-order valence-corrected chi connectivity index (χ0v) is 14.8. The van der Waals surface area contributed by atoms with Gasteiger partial charge in [0.05, 0.1) is 11.8 Å². The highest BCUT2D eigenvalue weighted by Crippen LogP contribution is 2.29. The predicted molar refractivity (Wildman–Crippen MR) is 99.4 cm³/mol. The molecule has 0 bridgehead atoms. The number of nitrogens with one attached hydrogen (secondary N) is 1. The SMILES string of the molecule is O=C(N/N=C/c1ccccc1Oc1ccc(F)cc1)c1ccc(C(F)(F)F)cc1. The maximum Gasteiger partial charge on any atom is 0.416 e. The normalized spacial score (nSPS) is 11.4. The molecule has 8 heteroatoms. The van der Waals surface area contributed by atoms with Gasteiger partial charge in [0.2, 0.25) is 0 Å². The van der Waals surface area contributed by atoms with E-state index in [1.165, 1.54) is 30.5 Å². The molecule has 3 aromatic rings. The molecule has 0 saturated carbocycles. The standard InChI is InChI=1S/C21H14F4N2O2/c22-17-9-11-18(12-10-17)29-19-4-2-1-3-15(19)13-26-27-20(28)14-5-7-16(8-6-14)21(23,24)25/h1-13H,(H,27,28)/b26-13+. The minimum atomic E-state index is -4.47. The van der Waals surface area contributed by atoms with Gasteiger partial charge in [-0.05, 0) is 60.7 Å². The number of amides is 1. The van der Waals surface area contributed by atoms with Crippen LogP contribution in [0.15, 0.2) is 77.9 Å². The first-order chi connectivity index (χ1) is 13.8. The molecule has 0 atom stereocenters. The Labute approximate surface area is 163 Å². The summed E-state index contributed by atoms with van der Waals surface area (Å²) in [5.74, 6) is -0.210. The molecule has 0 aromatic heterocycles. The van der Waals surface area contributed by atoms with Gasteiger partial charge in [-0.25, -0.2) is 9.82 Å². The van der Waals surface area contributed by atoms with Crippen molar-refractivity contribution in [1.29, 1.82) is 0 Å². The number of halogens is 4. The number of nitrogens with zero attached hydrogens (tertiary/aromatic N) is 1. The first-order valence-electron chi connectivity index (χ1n) is 8.36. The lowest BCUT2D eigenvalue weighted by Crippen LogP contribution is -2.18. The largest absolute Gasteiger partial charge is 0.457 e. The Balaban J connectivity index is 1.67. The maximum atomic E-state index is 13.0. The highest BCUT2D eigenvalue weighted by atomic mass is 19.4. The Morgan fingerprint density at radius 3 is 2.24 bits per heavy atom. The molecule has 0 aliphatic rings. The second-order valence-electron chi connectivity index (χ2n) is 5.87. The molecule has 4 nitrogen and oxygen atoms in total. The topological polar surface area (TPSA) is 50.7 Å². The summed E-state index contributed by atoms with van der Waals surface area (Å²) in [7, 11) is 0. The van der Waals surface area contributed by atoms with Gasteiger partial charge >= 0.3 is 6.18 Å². The van der Waals surface area contributed by atoms with Crippen molar-refractivity contribution in [3.05, 3.63) is 95.3 Å². The Hall–Kier alpha value is -3.68. The summed E-state index contributed by atoms with van der Waals surface area (Å²) in [5, 5.41) is 3.82. The van der Waals surface area contributed by atoms with Gasteiger partial charge in [0.15, 0.2) is 0 Å². The molecule has 3 rings (SSSR count). The van der Waals surface area contributed by atoms with E-state index < -0.39 is 23.5 Å². The van der Waals surface area contributed by atoms with Gasteiger partial charge in [0, 0.05) is 11.1 Å². The third kappa shape index (κ3) is 5.41. The van der Waals surface area contributed by atoms with Crippen LogP contribution < -0.4 is 10.2 Å². The van der Waals surface area contributed by atoms with Crippen LogP contribution in [-0.4, -0.2) is 12.1 Å². The molecule has 29 heavy (non-hydrogen) atoms. The lowest BCUT2D eigenvalue weighted by Gasteiger charge is -2.08.